The SMILES string of the molecule is CNCc1cc(F)cc(-c2cncc3[nH]c(-c4[nH]nc5ncc(-c6cnccc6C)cc45)nc23)c1. The lowest BCUT2D eigenvalue weighted by Crippen LogP contribution is -2.05. The Morgan fingerprint density at radius 3 is 2.71 bits per heavy atom. The molecule has 0 aliphatic heterocycles. The summed E-state index contributed by atoms with van der Waals surface area (Å²) in [5, 5.41) is 11.3. The topological polar surface area (TPSA) is 108 Å². The Morgan fingerprint density at radius 2 is 1.86 bits per heavy atom. The summed E-state index contributed by atoms with van der Waals surface area (Å²) in [5.74, 6) is 0.301. The van der Waals surface area contributed by atoms with Gasteiger partial charge in [0.1, 0.15) is 11.5 Å². The first-order chi connectivity index (χ1) is 17.1. The number of imidazole rings is 1. The number of hydrogen-bond acceptors (Lipinski definition) is 6. The van der Waals surface area contributed by atoms with Crippen molar-refractivity contribution in [1.82, 2.24) is 40.4 Å². The molecule has 0 saturated carbocycles. The molecule has 3 N–H and O–H groups in total. The van der Waals surface area contributed by atoms with Gasteiger partial charge in [0.2, 0.25) is 0 Å². The van der Waals surface area contributed by atoms with Crippen LogP contribution in [0.4, 0.5) is 4.39 Å². The minimum Gasteiger partial charge on any atom is -0.335 e. The largest absolute Gasteiger partial charge is 0.335 e. The standard InChI is InChI=1S/C26H21FN8/c1-14-3-4-29-11-20(14)17-8-19-24(34-35-25(19)31-10-17)26-32-22-13-30-12-21(23(22)33-26)16-5-15(9-28-2)6-18(27)7-16/h3-8,10-13,28H,9H2,1-2H3,(H,32,33)(H,31,34,35). The van der Waals surface area contributed by atoms with Crippen LogP contribution in [0.5, 0.6) is 0 Å². The Hall–Kier alpha value is -4.50. The van der Waals surface area contributed by atoms with Crippen LogP contribution in [0, 0.1) is 12.7 Å². The Morgan fingerprint density at radius 1 is 0.971 bits per heavy atom. The highest BCUT2D eigenvalue weighted by Gasteiger charge is 2.17. The highest BCUT2D eigenvalue weighted by atomic mass is 19.1. The number of aromatic nitrogens is 7. The molecular weight excluding hydrogens is 443 g/mol. The number of benzene rings is 1. The summed E-state index contributed by atoms with van der Waals surface area (Å²) >= 11 is 0. The van der Waals surface area contributed by atoms with Gasteiger partial charge >= 0.3 is 0 Å². The molecule has 0 spiro atoms. The first-order valence-corrected chi connectivity index (χ1v) is 11.1. The van der Waals surface area contributed by atoms with Crippen LogP contribution in [-0.2, 0) is 6.54 Å². The Bertz CT molecular complexity index is 1700. The first kappa shape index (κ1) is 21.1. The number of halogens is 1. The van der Waals surface area contributed by atoms with E-state index in [2.05, 4.69) is 35.5 Å². The smallest absolute Gasteiger partial charge is 0.181 e. The molecule has 6 rings (SSSR count). The predicted octanol–water partition coefficient (Wildman–Crippen LogP) is 4.79. The third-order valence-electron chi connectivity index (χ3n) is 6.04. The van der Waals surface area contributed by atoms with Crippen LogP contribution in [0.2, 0.25) is 0 Å². The van der Waals surface area contributed by atoms with Gasteiger partial charge in [-0.1, -0.05) is 0 Å². The summed E-state index contributed by atoms with van der Waals surface area (Å²) in [6, 6.07) is 8.98. The van der Waals surface area contributed by atoms with Crippen LogP contribution < -0.4 is 5.32 Å². The molecule has 1 aromatic carbocycles. The fourth-order valence-electron chi connectivity index (χ4n) is 4.37. The molecule has 0 bridgehead atoms. The number of nitrogens with one attached hydrogen (secondary N) is 3. The fourth-order valence-corrected chi connectivity index (χ4v) is 4.37. The van der Waals surface area contributed by atoms with Crippen molar-refractivity contribution >= 4 is 22.1 Å². The summed E-state index contributed by atoms with van der Waals surface area (Å²) < 4.78 is 14.3. The van der Waals surface area contributed by atoms with Crippen LogP contribution in [0.25, 0.3) is 55.8 Å². The molecule has 35 heavy (non-hydrogen) atoms. The number of aromatic amines is 2. The van der Waals surface area contributed by atoms with Gasteiger partial charge in [0.05, 0.1) is 22.6 Å². The second kappa shape index (κ2) is 8.37. The number of H-pyrrole nitrogens is 2. The van der Waals surface area contributed by atoms with E-state index in [9.17, 15) is 4.39 Å². The van der Waals surface area contributed by atoms with Gasteiger partial charge in [-0.3, -0.25) is 15.1 Å². The molecule has 5 aromatic heterocycles. The third-order valence-corrected chi connectivity index (χ3v) is 6.04. The van der Waals surface area contributed by atoms with E-state index in [1.54, 1.807) is 24.8 Å². The van der Waals surface area contributed by atoms with E-state index in [0.29, 0.717) is 29.2 Å². The van der Waals surface area contributed by atoms with Crippen molar-refractivity contribution in [2.24, 2.45) is 0 Å². The van der Waals surface area contributed by atoms with E-state index in [4.69, 9.17) is 4.98 Å². The van der Waals surface area contributed by atoms with Crippen LogP contribution in [-0.4, -0.2) is 42.2 Å². The molecule has 0 aliphatic rings. The third kappa shape index (κ3) is 3.71. The molecule has 0 fully saturated rings. The van der Waals surface area contributed by atoms with Gasteiger partial charge in [-0.05, 0) is 61.0 Å². The predicted molar refractivity (Wildman–Crippen MR) is 133 cm³/mol. The minimum atomic E-state index is -0.302. The quantitative estimate of drug-likeness (QED) is 0.339. The van der Waals surface area contributed by atoms with Crippen molar-refractivity contribution in [1.29, 1.82) is 0 Å². The van der Waals surface area contributed by atoms with Gasteiger partial charge in [0.15, 0.2) is 11.5 Å². The molecule has 0 unspecified atom stereocenters. The van der Waals surface area contributed by atoms with Crippen molar-refractivity contribution in [3.05, 3.63) is 78.3 Å². The molecule has 6 aromatic rings. The van der Waals surface area contributed by atoms with Crippen molar-refractivity contribution in [3.8, 4) is 33.8 Å². The minimum absolute atomic E-state index is 0.302. The van der Waals surface area contributed by atoms with Crippen LogP contribution in [0.15, 0.2) is 61.3 Å². The summed E-state index contributed by atoms with van der Waals surface area (Å²) in [6.45, 7) is 2.60. The molecule has 172 valence electrons. The molecular formula is C26H21FN8. The zero-order valence-corrected chi connectivity index (χ0v) is 19.1. The molecule has 0 amide bonds. The van der Waals surface area contributed by atoms with E-state index in [1.807, 2.05) is 38.4 Å². The number of fused-ring (bicyclic) bond motifs is 2. The van der Waals surface area contributed by atoms with Gasteiger partial charge in [-0.15, -0.1) is 0 Å². The molecule has 0 saturated heterocycles. The number of hydrogen-bond donors (Lipinski definition) is 3. The Balaban J connectivity index is 1.49. The monoisotopic (exact) mass is 464 g/mol. The normalized spacial score (nSPS) is 11.5. The zero-order chi connectivity index (χ0) is 23.9. The van der Waals surface area contributed by atoms with E-state index in [1.165, 1.54) is 12.1 Å². The maximum atomic E-state index is 14.3. The number of rotatable bonds is 5. The van der Waals surface area contributed by atoms with Gasteiger partial charge < -0.3 is 10.3 Å². The van der Waals surface area contributed by atoms with Crippen molar-refractivity contribution in [2.75, 3.05) is 7.05 Å². The summed E-state index contributed by atoms with van der Waals surface area (Å²) in [7, 11) is 1.83. The summed E-state index contributed by atoms with van der Waals surface area (Å²) in [5.41, 5.74) is 8.12. The maximum absolute atomic E-state index is 14.3. The van der Waals surface area contributed by atoms with Gasteiger partial charge in [0, 0.05) is 48.0 Å². The molecule has 0 radical (unpaired) electrons. The average Bonchev–Trinajstić information content (AvgIpc) is 3.47. The highest BCUT2D eigenvalue weighted by molar-refractivity contribution is 5.96. The lowest BCUT2D eigenvalue weighted by atomic mass is 10.0. The van der Waals surface area contributed by atoms with Gasteiger partial charge in [-0.2, -0.15) is 5.10 Å². The van der Waals surface area contributed by atoms with Crippen LogP contribution >= 0.6 is 0 Å². The number of nitrogens with zero attached hydrogens (tertiary/aromatic N) is 5. The Labute approximate surface area is 199 Å². The number of aryl methyl sites for hydroxylation is 1. The average molecular weight is 465 g/mol. The van der Waals surface area contributed by atoms with E-state index < -0.39 is 0 Å². The van der Waals surface area contributed by atoms with Gasteiger partial charge in [0.25, 0.3) is 0 Å². The Kier molecular flexibility index (Phi) is 5.04. The van der Waals surface area contributed by atoms with Crippen LogP contribution in [0.3, 0.4) is 0 Å². The zero-order valence-electron chi connectivity index (χ0n) is 19.1. The van der Waals surface area contributed by atoms with Gasteiger partial charge in [-0.25, -0.2) is 14.4 Å². The first-order valence-electron chi connectivity index (χ1n) is 11.1. The molecule has 0 atom stereocenters. The second-order valence-corrected chi connectivity index (χ2v) is 8.43. The van der Waals surface area contributed by atoms with Crippen LogP contribution in [0.1, 0.15) is 11.1 Å². The summed E-state index contributed by atoms with van der Waals surface area (Å²) in [6.07, 6.45) is 8.82. The van der Waals surface area contributed by atoms with E-state index in [0.717, 1.165) is 44.3 Å². The molecule has 0 aliphatic carbocycles. The number of pyridine rings is 3. The fraction of sp³-hybridized carbons (Fsp3) is 0.115. The van der Waals surface area contributed by atoms with Crippen molar-refractivity contribution in [2.45, 2.75) is 13.5 Å². The maximum Gasteiger partial charge on any atom is 0.181 e. The molecule has 5 heterocycles. The lowest BCUT2D eigenvalue weighted by Gasteiger charge is -2.06. The van der Waals surface area contributed by atoms with Crippen molar-refractivity contribution < 1.29 is 4.39 Å². The van der Waals surface area contributed by atoms with Crippen molar-refractivity contribution in [3.63, 3.8) is 0 Å². The highest BCUT2D eigenvalue weighted by Crippen LogP contribution is 2.33. The van der Waals surface area contributed by atoms with E-state index >= 15 is 0 Å². The summed E-state index contributed by atoms with van der Waals surface area (Å²) in [4.78, 5) is 21.3. The second-order valence-electron chi connectivity index (χ2n) is 8.43. The molecule has 8 nitrogen and oxygen atoms in total. The lowest BCUT2D eigenvalue weighted by molar-refractivity contribution is 0.624. The molecule has 9 heteroatoms. The van der Waals surface area contributed by atoms with E-state index in [-0.39, 0.29) is 5.82 Å².